The fraction of sp³-hybridized carbons (Fsp3) is 0.0833. The van der Waals surface area contributed by atoms with E-state index >= 15 is 0 Å². The molecule has 1 atom stereocenters. The number of fused-ring (bicyclic) bond motifs is 1. The molecule has 5 nitrogen and oxygen atoms in total. The number of anilines is 1. The average Bonchev–Trinajstić information content (AvgIpc) is 3.34. The van der Waals surface area contributed by atoms with Gasteiger partial charge in [0.2, 0.25) is 0 Å². The SMILES string of the molecule is COc1cccc([C@@H]2c3c(-c4ccc(Br)cc4)n[nH]c3C(=O)N2c2ccc(Cl)cc2)c1. The monoisotopic (exact) mass is 493 g/mol. The van der Waals surface area contributed by atoms with Gasteiger partial charge in [0.25, 0.3) is 5.91 Å². The Labute approximate surface area is 192 Å². The van der Waals surface area contributed by atoms with E-state index in [2.05, 4.69) is 26.1 Å². The maximum absolute atomic E-state index is 13.5. The Bertz CT molecular complexity index is 1270. The quantitative estimate of drug-likeness (QED) is 0.365. The summed E-state index contributed by atoms with van der Waals surface area (Å²) in [6, 6.07) is 22.6. The molecule has 4 aromatic rings. The largest absolute Gasteiger partial charge is 0.497 e. The molecule has 0 radical (unpaired) electrons. The fourth-order valence-electron chi connectivity index (χ4n) is 3.97. The molecular formula is C24H17BrClN3O2. The molecule has 2 heterocycles. The molecule has 1 N–H and O–H groups in total. The predicted octanol–water partition coefficient (Wildman–Crippen LogP) is 6.25. The van der Waals surface area contributed by atoms with Crippen molar-refractivity contribution in [3.05, 3.63) is 99.1 Å². The van der Waals surface area contributed by atoms with Gasteiger partial charge in [-0.3, -0.25) is 14.8 Å². The lowest BCUT2D eigenvalue weighted by atomic mass is 9.95. The van der Waals surface area contributed by atoms with Crippen LogP contribution in [0.25, 0.3) is 11.3 Å². The van der Waals surface area contributed by atoms with Crippen LogP contribution in [0, 0.1) is 0 Å². The molecule has 7 heteroatoms. The lowest BCUT2D eigenvalue weighted by Crippen LogP contribution is -2.29. The normalized spacial score (nSPS) is 15.3. The van der Waals surface area contributed by atoms with Gasteiger partial charge in [0.05, 0.1) is 18.8 Å². The molecule has 0 saturated carbocycles. The second-order valence-corrected chi connectivity index (χ2v) is 8.55. The zero-order chi connectivity index (χ0) is 21.5. The number of aromatic amines is 1. The van der Waals surface area contributed by atoms with Gasteiger partial charge >= 0.3 is 0 Å². The molecule has 0 spiro atoms. The van der Waals surface area contributed by atoms with Crippen LogP contribution in [-0.4, -0.2) is 23.2 Å². The molecule has 1 aliphatic heterocycles. The number of nitrogens with one attached hydrogen (secondary N) is 1. The number of aromatic nitrogens is 2. The lowest BCUT2D eigenvalue weighted by Gasteiger charge is -2.26. The molecule has 0 unspecified atom stereocenters. The topological polar surface area (TPSA) is 58.2 Å². The van der Waals surface area contributed by atoms with Crippen LogP contribution in [0.1, 0.15) is 27.7 Å². The Hall–Kier alpha value is -3.09. The molecule has 1 aromatic heterocycles. The van der Waals surface area contributed by atoms with Gasteiger partial charge in [0.1, 0.15) is 11.4 Å². The smallest absolute Gasteiger partial charge is 0.277 e. The minimum Gasteiger partial charge on any atom is -0.497 e. The Morgan fingerprint density at radius 3 is 2.52 bits per heavy atom. The van der Waals surface area contributed by atoms with E-state index in [1.807, 2.05) is 60.7 Å². The molecule has 0 aliphatic carbocycles. The van der Waals surface area contributed by atoms with Crippen LogP contribution in [0.3, 0.4) is 0 Å². The van der Waals surface area contributed by atoms with Crippen LogP contribution >= 0.6 is 27.5 Å². The van der Waals surface area contributed by atoms with Gasteiger partial charge in [-0.25, -0.2) is 0 Å². The van der Waals surface area contributed by atoms with Crippen molar-refractivity contribution in [2.75, 3.05) is 12.0 Å². The van der Waals surface area contributed by atoms with Gasteiger partial charge in [-0.1, -0.05) is 51.8 Å². The highest BCUT2D eigenvalue weighted by molar-refractivity contribution is 9.10. The Morgan fingerprint density at radius 1 is 1.06 bits per heavy atom. The molecule has 1 amide bonds. The summed E-state index contributed by atoms with van der Waals surface area (Å²) in [5, 5.41) is 8.10. The van der Waals surface area contributed by atoms with Crippen molar-refractivity contribution in [3.63, 3.8) is 0 Å². The first-order chi connectivity index (χ1) is 15.1. The van der Waals surface area contributed by atoms with E-state index in [4.69, 9.17) is 16.3 Å². The highest BCUT2D eigenvalue weighted by Gasteiger charge is 2.43. The third kappa shape index (κ3) is 3.42. The summed E-state index contributed by atoms with van der Waals surface area (Å²) in [5.41, 5.74) is 4.70. The van der Waals surface area contributed by atoms with E-state index in [1.165, 1.54) is 0 Å². The second-order valence-electron chi connectivity index (χ2n) is 7.20. The Kier molecular flexibility index (Phi) is 5.04. The summed E-state index contributed by atoms with van der Waals surface area (Å²) < 4.78 is 6.42. The van der Waals surface area contributed by atoms with Crippen molar-refractivity contribution in [1.82, 2.24) is 10.2 Å². The van der Waals surface area contributed by atoms with Gasteiger partial charge in [-0.05, 0) is 54.1 Å². The van der Waals surface area contributed by atoms with Gasteiger partial charge in [0.15, 0.2) is 0 Å². The maximum atomic E-state index is 13.5. The Balaban J connectivity index is 1.72. The first-order valence-corrected chi connectivity index (χ1v) is 10.8. The molecular weight excluding hydrogens is 478 g/mol. The lowest BCUT2D eigenvalue weighted by molar-refractivity contribution is 0.0988. The average molecular weight is 495 g/mol. The molecule has 31 heavy (non-hydrogen) atoms. The highest BCUT2D eigenvalue weighted by Crippen LogP contribution is 2.45. The van der Waals surface area contributed by atoms with E-state index in [9.17, 15) is 4.79 Å². The number of hydrogen-bond acceptors (Lipinski definition) is 3. The minimum absolute atomic E-state index is 0.138. The number of benzene rings is 3. The zero-order valence-corrected chi connectivity index (χ0v) is 18.8. The number of carbonyl (C=O) groups excluding carboxylic acids is 1. The third-order valence-electron chi connectivity index (χ3n) is 5.40. The van der Waals surface area contributed by atoms with Crippen molar-refractivity contribution in [2.45, 2.75) is 6.04 Å². The standard InChI is InChI=1S/C24H17BrClN3O2/c1-31-19-4-2-3-15(13-19)23-20-21(14-5-7-16(25)8-6-14)27-28-22(20)24(30)29(23)18-11-9-17(26)10-12-18/h2-13,23H,1H3,(H,27,28)/t23-/m1/s1. The number of halogens is 2. The van der Waals surface area contributed by atoms with Crippen LogP contribution in [-0.2, 0) is 0 Å². The van der Waals surface area contributed by atoms with Crippen molar-refractivity contribution in [3.8, 4) is 17.0 Å². The van der Waals surface area contributed by atoms with Crippen LogP contribution in [0.5, 0.6) is 5.75 Å². The number of H-pyrrole nitrogens is 1. The number of carbonyl (C=O) groups is 1. The number of nitrogens with zero attached hydrogens (tertiary/aromatic N) is 2. The van der Waals surface area contributed by atoms with Crippen molar-refractivity contribution in [1.29, 1.82) is 0 Å². The molecule has 5 rings (SSSR count). The number of ether oxygens (including phenoxy) is 1. The van der Waals surface area contributed by atoms with Gasteiger partial charge < -0.3 is 4.74 Å². The summed E-state index contributed by atoms with van der Waals surface area (Å²) in [7, 11) is 1.63. The summed E-state index contributed by atoms with van der Waals surface area (Å²) in [6.07, 6.45) is 0. The third-order valence-corrected chi connectivity index (χ3v) is 6.18. The second kappa shape index (κ2) is 7.87. The first-order valence-electron chi connectivity index (χ1n) is 9.64. The zero-order valence-electron chi connectivity index (χ0n) is 16.5. The Morgan fingerprint density at radius 2 is 1.81 bits per heavy atom. The van der Waals surface area contributed by atoms with Crippen LogP contribution in [0.15, 0.2) is 77.3 Å². The number of amides is 1. The van der Waals surface area contributed by atoms with Crippen LogP contribution in [0.4, 0.5) is 5.69 Å². The van der Waals surface area contributed by atoms with Crippen LogP contribution in [0.2, 0.25) is 5.02 Å². The summed E-state index contributed by atoms with van der Waals surface area (Å²) in [6.45, 7) is 0. The molecule has 154 valence electrons. The summed E-state index contributed by atoms with van der Waals surface area (Å²) in [5.74, 6) is 0.587. The van der Waals surface area contributed by atoms with Crippen molar-refractivity contribution >= 4 is 39.1 Å². The number of rotatable bonds is 4. The van der Waals surface area contributed by atoms with Crippen LogP contribution < -0.4 is 9.64 Å². The fourth-order valence-corrected chi connectivity index (χ4v) is 4.36. The van der Waals surface area contributed by atoms with E-state index in [1.54, 1.807) is 24.1 Å². The summed E-state index contributed by atoms with van der Waals surface area (Å²) >= 11 is 9.57. The molecule has 0 saturated heterocycles. The molecule has 3 aromatic carbocycles. The van der Waals surface area contributed by atoms with E-state index in [0.29, 0.717) is 10.7 Å². The minimum atomic E-state index is -0.365. The van der Waals surface area contributed by atoms with Gasteiger partial charge in [0, 0.05) is 26.3 Å². The van der Waals surface area contributed by atoms with E-state index < -0.39 is 0 Å². The molecule has 0 fully saturated rings. The first kappa shape index (κ1) is 19.8. The number of hydrogen-bond donors (Lipinski definition) is 1. The van der Waals surface area contributed by atoms with Crippen molar-refractivity contribution < 1.29 is 9.53 Å². The van der Waals surface area contributed by atoms with Gasteiger partial charge in [-0.15, -0.1) is 0 Å². The number of methoxy groups -OCH3 is 1. The van der Waals surface area contributed by atoms with E-state index in [0.717, 1.165) is 38.3 Å². The van der Waals surface area contributed by atoms with Gasteiger partial charge in [-0.2, -0.15) is 5.10 Å². The highest BCUT2D eigenvalue weighted by atomic mass is 79.9. The van der Waals surface area contributed by atoms with E-state index in [-0.39, 0.29) is 11.9 Å². The maximum Gasteiger partial charge on any atom is 0.277 e. The molecule has 0 bridgehead atoms. The predicted molar refractivity (Wildman–Crippen MR) is 125 cm³/mol. The summed E-state index contributed by atoms with van der Waals surface area (Å²) in [4.78, 5) is 15.3. The molecule has 1 aliphatic rings. The van der Waals surface area contributed by atoms with Crippen molar-refractivity contribution in [2.24, 2.45) is 0 Å².